The van der Waals surface area contributed by atoms with Gasteiger partial charge in [0.2, 0.25) is 6.29 Å². The summed E-state index contributed by atoms with van der Waals surface area (Å²) in [5.41, 5.74) is 0.579. The Bertz CT molecular complexity index is 261. The van der Waals surface area contributed by atoms with Crippen molar-refractivity contribution in [2.75, 3.05) is 0 Å². The molecule has 0 aromatic heterocycles. The molecule has 64 valence electrons. The second-order valence-corrected chi connectivity index (χ2v) is 2.57. The summed E-state index contributed by atoms with van der Waals surface area (Å²) >= 11 is 0. The first-order valence-electron chi connectivity index (χ1n) is 3.56. The van der Waals surface area contributed by atoms with Crippen LogP contribution in [-0.4, -0.2) is 22.3 Å². The van der Waals surface area contributed by atoms with Crippen LogP contribution in [0.5, 0.6) is 0 Å². The highest BCUT2D eigenvalue weighted by atomic mass is 16.5. The van der Waals surface area contributed by atoms with E-state index in [0.717, 1.165) is 0 Å². The molecule has 3 heteroatoms. The van der Waals surface area contributed by atoms with Gasteiger partial charge in [0.05, 0.1) is 5.92 Å². The van der Waals surface area contributed by atoms with E-state index in [4.69, 9.17) is 10.2 Å². The van der Waals surface area contributed by atoms with Crippen LogP contribution in [0.15, 0.2) is 36.5 Å². The number of aliphatic hydroxyl groups is 2. The van der Waals surface area contributed by atoms with Crippen LogP contribution >= 0.6 is 0 Å². The summed E-state index contributed by atoms with van der Waals surface area (Å²) in [6.45, 7) is 3.62. The Balaban J connectivity index is 2.76. The van der Waals surface area contributed by atoms with Crippen molar-refractivity contribution in [3.63, 3.8) is 0 Å². The van der Waals surface area contributed by atoms with E-state index in [9.17, 15) is 4.79 Å². The molecule has 0 aromatic rings. The van der Waals surface area contributed by atoms with Gasteiger partial charge in [-0.15, -0.1) is 0 Å². The number of ketones is 1. The Kier molecular flexibility index (Phi) is 2.58. The molecule has 0 spiro atoms. The highest BCUT2D eigenvalue weighted by molar-refractivity contribution is 5.88. The second kappa shape index (κ2) is 3.47. The predicted molar refractivity (Wildman–Crippen MR) is 44.1 cm³/mol. The number of hydrogen-bond acceptors (Lipinski definition) is 3. The molecule has 1 aliphatic rings. The van der Waals surface area contributed by atoms with Gasteiger partial charge in [-0.2, -0.15) is 0 Å². The fraction of sp³-hybridized carbons (Fsp3) is 0.222. The summed E-state index contributed by atoms with van der Waals surface area (Å²) in [5.74, 6) is -1.23. The molecule has 0 aliphatic heterocycles. The number of Topliss-reactive ketones (excluding diaryl/α,β-unsaturated/α-hetero) is 1. The number of rotatable bonds is 2. The zero-order chi connectivity index (χ0) is 9.14. The van der Waals surface area contributed by atoms with E-state index >= 15 is 0 Å². The van der Waals surface area contributed by atoms with Gasteiger partial charge in [0.15, 0.2) is 5.78 Å². The van der Waals surface area contributed by atoms with Gasteiger partial charge < -0.3 is 10.2 Å². The van der Waals surface area contributed by atoms with Crippen molar-refractivity contribution in [3.05, 3.63) is 36.5 Å². The molecule has 1 aliphatic carbocycles. The minimum atomic E-state index is -1.91. The van der Waals surface area contributed by atoms with Gasteiger partial charge in [-0.25, -0.2) is 0 Å². The standard InChI is InChI=1S/C9H10O3/c1-6-4-2-3-5-7(6)8(10)9(11)12/h2-5,7,9,11-12H,1H2. The lowest BCUT2D eigenvalue weighted by Gasteiger charge is -2.14. The van der Waals surface area contributed by atoms with Crippen LogP contribution in [-0.2, 0) is 4.79 Å². The van der Waals surface area contributed by atoms with E-state index in [-0.39, 0.29) is 0 Å². The van der Waals surface area contributed by atoms with E-state index < -0.39 is 18.0 Å². The maximum absolute atomic E-state index is 11.1. The molecule has 1 unspecified atom stereocenters. The zero-order valence-electron chi connectivity index (χ0n) is 6.47. The van der Waals surface area contributed by atoms with Crippen molar-refractivity contribution >= 4 is 5.78 Å². The van der Waals surface area contributed by atoms with E-state index in [2.05, 4.69) is 6.58 Å². The lowest BCUT2D eigenvalue weighted by Crippen LogP contribution is -2.27. The first-order valence-corrected chi connectivity index (χ1v) is 3.56. The molecule has 0 radical (unpaired) electrons. The largest absolute Gasteiger partial charge is 0.362 e. The van der Waals surface area contributed by atoms with Crippen LogP contribution in [0, 0.1) is 5.92 Å². The van der Waals surface area contributed by atoms with Crippen molar-refractivity contribution in [2.24, 2.45) is 5.92 Å². The Morgan fingerprint density at radius 1 is 1.50 bits per heavy atom. The van der Waals surface area contributed by atoms with Crippen LogP contribution in [0.3, 0.4) is 0 Å². The van der Waals surface area contributed by atoms with Crippen LogP contribution in [0.25, 0.3) is 0 Å². The molecule has 0 fully saturated rings. The topological polar surface area (TPSA) is 57.5 Å². The molecule has 3 nitrogen and oxygen atoms in total. The molecule has 0 saturated heterocycles. The van der Waals surface area contributed by atoms with E-state index in [1.54, 1.807) is 24.3 Å². The van der Waals surface area contributed by atoms with Crippen molar-refractivity contribution in [3.8, 4) is 0 Å². The summed E-state index contributed by atoms with van der Waals surface area (Å²) < 4.78 is 0. The van der Waals surface area contributed by atoms with E-state index in [0.29, 0.717) is 5.57 Å². The molecular formula is C9H10O3. The number of carbonyl (C=O) groups excluding carboxylic acids is 1. The van der Waals surface area contributed by atoms with Gasteiger partial charge in [-0.1, -0.05) is 30.9 Å². The van der Waals surface area contributed by atoms with Crippen LogP contribution in [0.2, 0.25) is 0 Å². The summed E-state index contributed by atoms with van der Waals surface area (Å²) in [4.78, 5) is 11.1. The summed E-state index contributed by atoms with van der Waals surface area (Å²) in [5, 5.41) is 17.2. The van der Waals surface area contributed by atoms with Crippen molar-refractivity contribution < 1.29 is 15.0 Å². The van der Waals surface area contributed by atoms with Gasteiger partial charge in [0.25, 0.3) is 0 Å². The Hall–Kier alpha value is -1.19. The second-order valence-electron chi connectivity index (χ2n) is 2.57. The third kappa shape index (κ3) is 1.69. The molecule has 0 aromatic carbocycles. The molecule has 0 amide bonds. The van der Waals surface area contributed by atoms with Gasteiger partial charge in [0.1, 0.15) is 0 Å². The molecular weight excluding hydrogens is 156 g/mol. The molecule has 12 heavy (non-hydrogen) atoms. The monoisotopic (exact) mass is 166 g/mol. The van der Waals surface area contributed by atoms with E-state index in [1.807, 2.05) is 0 Å². The molecule has 1 atom stereocenters. The van der Waals surface area contributed by atoms with Crippen molar-refractivity contribution in [2.45, 2.75) is 6.29 Å². The Morgan fingerprint density at radius 2 is 2.17 bits per heavy atom. The normalized spacial score (nSPS) is 21.9. The minimum absolute atomic E-state index is 0.579. The molecule has 0 saturated carbocycles. The molecule has 0 heterocycles. The number of aliphatic hydroxyl groups excluding tert-OH is 1. The number of carbonyl (C=O) groups is 1. The lowest BCUT2D eigenvalue weighted by molar-refractivity contribution is -0.146. The quantitative estimate of drug-likeness (QED) is 0.575. The average Bonchev–Trinajstić information content (AvgIpc) is 2.04. The van der Waals surface area contributed by atoms with Gasteiger partial charge in [0, 0.05) is 0 Å². The third-order valence-electron chi connectivity index (χ3n) is 1.69. The Labute approximate surface area is 70.3 Å². The first kappa shape index (κ1) is 8.90. The zero-order valence-corrected chi connectivity index (χ0v) is 6.47. The van der Waals surface area contributed by atoms with E-state index in [1.165, 1.54) is 0 Å². The number of allylic oxidation sites excluding steroid dienone is 5. The van der Waals surface area contributed by atoms with Crippen LogP contribution in [0.4, 0.5) is 0 Å². The highest BCUT2D eigenvalue weighted by Gasteiger charge is 2.23. The summed E-state index contributed by atoms with van der Waals surface area (Å²) in [6, 6.07) is 0. The smallest absolute Gasteiger partial charge is 0.213 e. The third-order valence-corrected chi connectivity index (χ3v) is 1.69. The fourth-order valence-corrected chi connectivity index (χ4v) is 1.02. The maximum Gasteiger partial charge on any atom is 0.213 e. The average molecular weight is 166 g/mol. The van der Waals surface area contributed by atoms with Gasteiger partial charge in [-0.3, -0.25) is 4.79 Å². The Morgan fingerprint density at radius 3 is 2.67 bits per heavy atom. The summed E-state index contributed by atoms with van der Waals surface area (Å²) in [7, 11) is 0. The first-order chi connectivity index (χ1) is 5.63. The molecule has 2 N–H and O–H groups in total. The maximum atomic E-state index is 11.1. The van der Waals surface area contributed by atoms with Crippen molar-refractivity contribution in [1.82, 2.24) is 0 Å². The van der Waals surface area contributed by atoms with Crippen LogP contribution in [0.1, 0.15) is 0 Å². The molecule has 1 rings (SSSR count). The fourth-order valence-electron chi connectivity index (χ4n) is 1.02. The SMILES string of the molecule is C=C1C=CC=CC1C(=O)C(O)O. The highest BCUT2D eigenvalue weighted by Crippen LogP contribution is 2.18. The minimum Gasteiger partial charge on any atom is -0.362 e. The lowest BCUT2D eigenvalue weighted by atomic mass is 9.91. The number of hydrogen-bond donors (Lipinski definition) is 2. The van der Waals surface area contributed by atoms with Gasteiger partial charge in [-0.05, 0) is 5.57 Å². The van der Waals surface area contributed by atoms with Crippen molar-refractivity contribution in [1.29, 1.82) is 0 Å². The van der Waals surface area contributed by atoms with Gasteiger partial charge >= 0.3 is 0 Å². The predicted octanol–water partition coefficient (Wildman–Crippen LogP) is 0.165. The molecule has 0 bridgehead atoms. The summed E-state index contributed by atoms with van der Waals surface area (Å²) in [6.07, 6.45) is 4.77. The van der Waals surface area contributed by atoms with Crippen LogP contribution < -0.4 is 0 Å².